The van der Waals surface area contributed by atoms with E-state index < -0.39 is 58.2 Å². The van der Waals surface area contributed by atoms with Gasteiger partial charge in [-0.05, 0) is 115 Å². The standard InChI is InChI=1S/C21H19F3N8O2.C19H25N7O3.C13H8F3NO2.C12H18IN3O2.C7H8N4O.C3H6N2O/c1-12-8-32-17(9-30(12)21(34)28-13-5-14(22)19(24)15(23)6-13)16(7-27-32)31-11-29(10-18(31)33)20-25-3-2-4-26-20;1-13-9-26-15(10-24(13)18(28)29-19(2,3)4)14(8-22-26)25-12-23(11-16(25)27)17-20-6-5-7-21-17;14-10-6-8(7-11(15)12(10)16)17-13(18)19-9-4-2-1-3-5-9;1-8-6-16-10(9(13)5-14-16)7-15(8)11(17)18-12(2,3)4;12-6-4-11(5-10-6)7-8-2-1-3-9-7;6-3-1-4-2-5-3/h2-7,12H,8-11H2,1H3,(H,28,34);5-8,13H,9-12H2,1-4H3;1-7H,(H,17,18);5,8H,6-7H2,1-4H3;1-3H,4-5H2,(H,10,12);4H,1-2H2,(H,5,6)/t12-;13-;;8-;;/m00.0../s1. The molecule has 0 saturated carbocycles. The number of fused-ring (bicyclic) bond motifs is 3. The highest BCUT2D eigenvalue weighted by molar-refractivity contribution is 14.1. The third-order valence-electron chi connectivity index (χ3n) is 18.0. The first-order valence-electron chi connectivity index (χ1n) is 36.7. The number of aromatic nitrogens is 12. The van der Waals surface area contributed by atoms with Crippen LogP contribution in [0.3, 0.4) is 0 Å². The first-order chi connectivity index (χ1) is 56.1. The van der Waals surface area contributed by atoms with Crippen LogP contribution in [0.1, 0.15) is 79.4 Å². The Kier molecular flexibility index (Phi) is 27.6. The molecule has 4 fully saturated rings. The number of hydrogen-bond acceptors (Lipinski definition) is 24. The number of nitrogens with one attached hydrogen (secondary N) is 5. The largest absolute Gasteiger partial charge is 0.444 e. The number of anilines is 7. The zero-order chi connectivity index (χ0) is 84.9. The Morgan fingerprint density at radius 1 is 0.492 bits per heavy atom. The van der Waals surface area contributed by atoms with Gasteiger partial charge in [0.25, 0.3) is 0 Å². The first kappa shape index (κ1) is 86.0. The summed E-state index contributed by atoms with van der Waals surface area (Å²) < 4.78 is 101. The van der Waals surface area contributed by atoms with E-state index >= 15 is 0 Å². The van der Waals surface area contributed by atoms with Gasteiger partial charge in [0.05, 0.1) is 134 Å². The molecule has 0 spiro atoms. The lowest BCUT2D eigenvalue weighted by Gasteiger charge is -2.36. The van der Waals surface area contributed by atoms with Gasteiger partial charge < -0.3 is 49.8 Å². The Bertz CT molecular complexity index is 5040. The molecule has 4 saturated heterocycles. The number of nitrogens with zero attached hydrogens (tertiary/aromatic N) is 20. The van der Waals surface area contributed by atoms with Crippen LogP contribution in [0.4, 0.5) is 86.1 Å². The predicted molar refractivity (Wildman–Crippen MR) is 421 cm³/mol. The second-order valence-electron chi connectivity index (χ2n) is 29.2. The molecule has 0 aliphatic carbocycles. The molecule has 13 heterocycles. The Morgan fingerprint density at radius 3 is 1.31 bits per heavy atom. The van der Waals surface area contributed by atoms with Crippen molar-refractivity contribution >= 4 is 111 Å². The van der Waals surface area contributed by atoms with Crippen molar-refractivity contribution in [3.8, 4) is 5.75 Å². The minimum absolute atomic E-state index is 0.0162. The molecular formula is C75H84F6IN25O11. The summed E-state index contributed by atoms with van der Waals surface area (Å²) in [7, 11) is 0. The van der Waals surface area contributed by atoms with Crippen LogP contribution in [-0.2, 0) is 67.9 Å². The van der Waals surface area contributed by atoms with Gasteiger partial charge in [-0.2, -0.15) is 15.3 Å². The monoisotopic (exact) mass is 1750 g/mol. The molecule has 9 aromatic rings. The second kappa shape index (κ2) is 37.8. The summed E-state index contributed by atoms with van der Waals surface area (Å²) >= 11 is 2.25. The molecule has 36 nitrogen and oxygen atoms in total. The van der Waals surface area contributed by atoms with Crippen molar-refractivity contribution in [1.82, 2.24) is 89.9 Å². The van der Waals surface area contributed by atoms with E-state index in [0.29, 0.717) is 118 Å². The minimum Gasteiger partial charge on any atom is -0.444 e. The molecule has 0 radical (unpaired) electrons. The van der Waals surface area contributed by atoms with Crippen molar-refractivity contribution in [1.29, 1.82) is 0 Å². The van der Waals surface area contributed by atoms with Crippen molar-refractivity contribution in [3.05, 3.63) is 184 Å². The van der Waals surface area contributed by atoms with Crippen molar-refractivity contribution in [2.75, 3.05) is 88.0 Å². The van der Waals surface area contributed by atoms with Crippen LogP contribution < -0.4 is 55.8 Å². The van der Waals surface area contributed by atoms with Crippen molar-refractivity contribution < 1.29 is 78.9 Å². The predicted octanol–water partition coefficient (Wildman–Crippen LogP) is 8.34. The number of carbonyl (C=O) groups excluding carboxylic acids is 8. The zero-order valence-corrected chi connectivity index (χ0v) is 67.5. The lowest BCUT2D eigenvalue weighted by molar-refractivity contribution is -0.118. The second-order valence-corrected chi connectivity index (χ2v) is 30.4. The molecule has 16 rings (SSSR count). The Morgan fingerprint density at radius 2 is 0.898 bits per heavy atom. The number of rotatable bonds is 8. The third-order valence-corrected chi connectivity index (χ3v) is 18.9. The molecule has 7 aliphatic rings. The van der Waals surface area contributed by atoms with Gasteiger partial charge in [0.15, 0.2) is 34.9 Å². The van der Waals surface area contributed by atoms with Gasteiger partial charge >= 0.3 is 24.3 Å². The Hall–Kier alpha value is -12.8. The van der Waals surface area contributed by atoms with Crippen molar-refractivity contribution in [2.24, 2.45) is 0 Å². The molecule has 3 atom stereocenters. The average molecular weight is 1750 g/mol. The van der Waals surface area contributed by atoms with Crippen LogP contribution in [0.25, 0.3) is 0 Å². The maximum atomic E-state index is 13.5. The van der Waals surface area contributed by atoms with Gasteiger partial charge in [0.2, 0.25) is 41.5 Å². The Balaban J connectivity index is 0.000000147. The molecule has 0 unspecified atom stereocenters. The third kappa shape index (κ3) is 22.2. The molecule has 624 valence electrons. The number of hydrogen-bond donors (Lipinski definition) is 5. The topological polar surface area (TPSA) is 381 Å². The van der Waals surface area contributed by atoms with E-state index in [2.05, 4.69) is 94.4 Å². The van der Waals surface area contributed by atoms with Crippen LogP contribution in [0.15, 0.2) is 129 Å². The van der Waals surface area contributed by atoms with E-state index in [9.17, 15) is 64.7 Å². The first-order valence-corrected chi connectivity index (χ1v) is 37.8. The van der Waals surface area contributed by atoms with Gasteiger partial charge in [0, 0.05) is 67.1 Å². The number of carbonyl (C=O) groups is 8. The average Bonchev–Trinajstić information content (AvgIpc) is 1.65. The fourth-order valence-corrected chi connectivity index (χ4v) is 12.9. The summed E-state index contributed by atoms with van der Waals surface area (Å²) in [5.74, 6) is -7.12. The van der Waals surface area contributed by atoms with Gasteiger partial charge in [-0.3, -0.25) is 63.5 Å². The van der Waals surface area contributed by atoms with E-state index in [1.165, 1.54) is 17.0 Å². The number of benzene rings is 3. The summed E-state index contributed by atoms with van der Waals surface area (Å²) in [5, 5.41) is 25.7. The smallest absolute Gasteiger partial charge is 0.417 e. The molecular weight excluding hydrogens is 1670 g/mol. The molecule has 43 heteroatoms. The zero-order valence-electron chi connectivity index (χ0n) is 65.3. The van der Waals surface area contributed by atoms with Gasteiger partial charge in [0.1, 0.15) is 49.9 Å². The van der Waals surface area contributed by atoms with Crippen LogP contribution >= 0.6 is 22.6 Å². The molecule has 3 aromatic carbocycles. The van der Waals surface area contributed by atoms with E-state index in [1.54, 1.807) is 127 Å². The molecule has 118 heavy (non-hydrogen) atoms. The Labute approximate surface area is 685 Å². The van der Waals surface area contributed by atoms with Crippen LogP contribution in [-0.4, -0.2) is 204 Å². The number of ether oxygens (including phenoxy) is 3. The summed E-state index contributed by atoms with van der Waals surface area (Å²) in [6.45, 7) is 22.4. The van der Waals surface area contributed by atoms with E-state index in [-0.39, 0.29) is 97.4 Å². The fraction of sp³-hybridized carbons (Fsp3) is 0.373. The van der Waals surface area contributed by atoms with Crippen molar-refractivity contribution in [2.45, 2.75) is 131 Å². The quantitative estimate of drug-likeness (QED) is 0.0542. The fourth-order valence-electron chi connectivity index (χ4n) is 12.3. The maximum absolute atomic E-state index is 13.5. The maximum Gasteiger partial charge on any atom is 0.417 e. The summed E-state index contributed by atoms with van der Waals surface area (Å²) in [6.07, 6.45) is 13.3. The van der Waals surface area contributed by atoms with Gasteiger partial charge in [-0.1, -0.05) is 18.2 Å². The summed E-state index contributed by atoms with van der Waals surface area (Å²) in [4.78, 5) is 134. The summed E-state index contributed by atoms with van der Waals surface area (Å²) in [5.41, 5.74) is 2.31. The lowest BCUT2D eigenvalue weighted by atomic mass is 10.2. The molecule has 0 bridgehead atoms. The van der Waals surface area contributed by atoms with Gasteiger partial charge in [-0.25, -0.2) is 75.4 Å². The highest BCUT2D eigenvalue weighted by Gasteiger charge is 2.40. The van der Waals surface area contributed by atoms with E-state index in [4.69, 9.17) is 14.2 Å². The SMILES string of the molecule is C[C@H]1Cn2ncc(I)c2CN1C(=O)OC(C)(C)C.C[C@H]1Cn2ncc(N3CN(c4ncccn4)CC3=O)c2CN1C(=O)Nc1cc(F)c(F)c(F)c1.C[C@H]1Cn2ncc(N3CN(c4ncccn4)CC3=O)c2CN1C(=O)OC(C)(C)C.O=C(Nc1cc(F)c(F)c(F)c1)Oc1ccccc1.O=C1CN(c2ncccn2)CN1.O=C1CNCN1. The number of para-hydroxylation sites is 1. The van der Waals surface area contributed by atoms with Crippen LogP contribution in [0, 0.1) is 38.5 Å². The highest BCUT2D eigenvalue weighted by atomic mass is 127. The lowest BCUT2D eigenvalue weighted by Crippen LogP contribution is -2.47. The van der Waals surface area contributed by atoms with Gasteiger partial charge in [-0.15, -0.1) is 0 Å². The van der Waals surface area contributed by atoms with Crippen LogP contribution in [0.5, 0.6) is 5.75 Å². The normalized spacial score (nSPS) is 17.3. The van der Waals surface area contributed by atoms with E-state index in [0.717, 1.165) is 21.5 Å². The number of halogens is 7. The molecule has 7 aliphatic heterocycles. The molecule has 6 aromatic heterocycles. The number of urea groups is 1. The number of amides is 9. The molecule has 9 amide bonds. The highest BCUT2D eigenvalue weighted by Crippen LogP contribution is 2.34. The van der Waals surface area contributed by atoms with Crippen molar-refractivity contribution in [3.63, 3.8) is 0 Å². The summed E-state index contributed by atoms with van der Waals surface area (Å²) in [6, 6.07) is 15.1. The minimum atomic E-state index is -1.61. The molecule has 5 N–H and O–H groups in total. The van der Waals surface area contributed by atoms with Crippen LogP contribution in [0.2, 0.25) is 0 Å². The van der Waals surface area contributed by atoms with E-state index in [1.807, 2.05) is 75.9 Å².